The number of carbonyl (C=O) groups is 1. The Morgan fingerprint density at radius 2 is 1.41 bits per heavy atom. The van der Waals surface area contributed by atoms with Crippen LogP contribution in [0.1, 0.15) is 66.8 Å². The molecule has 2 aromatic carbocycles. The topological polar surface area (TPSA) is 54.0 Å². The first-order valence-electron chi connectivity index (χ1n) is 11.6. The highest BCUT2D eigenvalue weighted by Crippen LogP contribution is 2.27. The maximum Gasteiger partial charge on any atom is 0.199 e. The van der Waals surface area contributed by atoms with E-state index in [0.29, 0.717) is 12.0 Å². The van der Waals surface area contributed by atoms with Gasteiger partial charge in [-0.05, 0) is 67.6 Å². The van der Waals surface area contributed by atoms with Crippen molar-refractivity contribution < 1.29 is 23.7 Å². The third-order valence-electron chi connectivity index (χ3n) is 5.99. The minimum atomic E-state index is -0.188. The van der Waals surface area contributed by atoms with Crippen molar-refractivity contribution in [2.24, 2.45) is 0 Å². The van der Waals surface area contributed by atoms with Crippen LogP contribution in [0.15, 0.2) is 61.2 Å². The quantitative estimate of drug-likeness (QED) is 0.354. The molecule has 3 unspecified atom stereocenters. The Hall–Kier alpha value is -2.63. The van der Waals surface area contributed by atoms with E-state index in [2.05, 4.69) is 6.58 Å². The van der Waals surface area contributed by atoms with E-state index >= 15 is 0 Å². The van der Waals surface area contributed by atoms with Gasteiger partial charge in [-0.25, -0.2) is 0 Å². The van der Waals surface area contributed by atoms with Crippen molar-refractivity contribution in [2.45, 2.75) is 63.4 Å². The lowest BCUT2D eigenvalue weighted by Gasteiger charge is -2.23. The number of rotatable bonds is 9. The highest BCUT2D eigenvalue weighted by Gasteiger charge is 2.18. The van der Waals surface area contributed by atoms with E-state index in [0.717, 1.165) is 68.8 Å². The van der Waals surface area contributed by atoms with Crippen LogP contribution in [0.2, 0.25) is 0 Å². The van der Waals surface area contributed by atoms with Gasteiger partial charge in [0.2, 0.25) is 0 Å². The van der Waals surface area contributed by atoms with Crippen molar-refractivity contribution in [1.29, 1.82) is 0 Å². The summed E-state index contributed by atoms with van der Waals surface area (Å²) in [5, 5.41) is 0. The molecular weight excluding hydrogens is 404 g/mol. The Kier molecular flexibility index (Phi) is 7.97. The summed E-state index contributed by atoms with van der Waals surface area (Å²) in [6, 6.07) is 15.2. The summed E-state index contributed by atoms with van der Waals surface area (Å²) in [6.45, 7) is 5.44. The van der Waals surface area contributed by atoms with Crippen molar-refractivity contribution in [1.82, 2.24) is 0 Å². The lowest BCUT2D eigenvalue weighted by Crippen LogP contribution is -2.24. The molecule has 32 heavy (non-hydrogen) atoms. The van der Waals surface area contributed by atoms with Crippen molar-refractivity contribution in [3.05, 3.63) is 72.3 Å². The molecule has 2 saturated heterocycles. The van der Waals surface area contributed by atoms with Crippen LogP contribution in [-0.2, 0) is 9.47 Å². The maximum atomic E-state index is 12.9. The van der Waals surface area contributed by atoms with E-state index in [4.69, 9.17) is 18.9 Å². The fourth-order valence-corrected chi connectivity index (χ4v) is 4.08. The van der Waals surface area contributed by atoms with E-state index in [1.807, 2.05) is 54.6 Å². The van der Waals surface area contributed by atoms with Crippen LogP contribution in [0, 0.1) is 0 Å². The standard InChI is InChI=1S/C27H32O5/c1-2-20(21-9-13-23(14-10-21)31-26-7-3-5-17-29-26)19-25(28)22-11-15-24(16-12-22)32-27-8-4-6-18-30-27/h2,9-16,20,26-27H,1,3-8,17-19H2. The first-order valence-corrected chi connectivity index (χ1v) is 11.6. The van der Waals surface area contributed by atoms with Crippen LogP contribution in [-0.4, -0.2) is 31.6 Å². The molecule has 0 saturated carbocycles. The van der Waals surface area contributed by atoms with Gasteiger partial charge in [0, 0.05) is 30.7 Å². The first-order chi connectivity index (χ1) is 15.7. The summed E-state index contributed by atoms with van der Waals surface area (Å²) in [6.07, 6.45) is 8.09. The van der Waals surface area contributed by atoms with Crippen LogP contribution in [0.4, 0.5) is 0 Å². The van der Waals surface area contributed by atoms with Crippen molar-refractivity contribution >= 4 is 5.78 Å². The molecule has 2 aromatic rings. The second-order valence-corrected chi connectivity index (χ2v) is 8.39. The number of hydrogen-bond donors (Lipinski definition) is 0. The Bertz CT molecular complexity index is 862. The van der Waals surface area contributed by atoms with Gasteiger partial charge in [0.05, 0.1) is 13.2 Å². The van der Waals surface area contributed by atoms with Gasteiger partial charge in [0.1, 0.15) is 11.5 Å². The van der Waals surface area contributed by atoms with Crippen molar-refractivity contribution in [3.63, 3.8) is 0 Å². The minimum Gasteiger partial charge on any atom is -0.465 e. The molecule has 5 nitrogen and oxygen atoms in total. The summed E-state index contributed by atoms with van der Waals surface area (Å²) in [4.78, 5) is 12.9. The third kappa shape index (κ3) is 6.21. The normalized spacial score (nSPS) is 22.0. The van der Waals surface area contributed by atoms with Gasteiger partial charge >= 0.3 is 0 Å². The van der Waals surface area contributed by atoms with Gasteiger partial charge in [-0.15, -0.1) is 6.58 Å². The van der Waals surface area contributed by atoms with Gasteiger partial charge in [-0.1, -0.05) is 18.2 Å². The molecule has 5 heteroatoms. The van der Waals surface area contributed by atoms with Crippen LogP contribution in [0.3, 0.4) is 0 Å². The molecule has 0 aromatic heterocycles. The average Bonchev–Trinajstić information content (AvgIpc) is 2.85. The largest absolute Gasteiger partial charge is 0.465 e. The number of ether oxygens (including phenoxy) is 4. The van der Waals surface area contributed by atoms with Gasteiger partial charge < -0.3 is 18.9 Å². The zero-order valence-corrected chi connectivity index (χ0v) is 18.5. The van der Waals surface area contributed by atoms with E-state index in [-0.39, 0.29) is 24.3 Å². The molecule has 2 aliphatic rings. The molecule has 170 valence electrons. The molecule has 3 atom stereocenters. The lowest BCUT2D eigenvalue weighted by molar-refractivity contribution is -0.106. The highest BCUT2D eigenvalue weighted by molar-refractivity contribution is 5.96. The third-order valence-corrected chi connectivity index (χ3v) is 5.99. The Balaban J connectivity index is 1.32. The van der Waals surface area contributed by atoms with Crippen molar-refractivity contribution in [2.75, 3.05) is 13.2 Å². The number of benzene rings is 2. The van der Waals surface area contributed by atoms with Gasteiger partial charge in [-0.2, -0.15) is 0 Å². The molecule has 0 amide bonds. The minimum absolute atomic E-state index is 0.0611. The molecule has 0 spiro atoms. The Morgan fingerprint density at radius 1 is 0.875 bits per heavy atom. The van der Waals surface area contributed by atoms with Crippen LogP contribution < -0.4 is 9.47 Å². The molecular formula is C27H32O5. The first kappa shape index (κ1) is 22.6. The Labute approximate surface area is 190 Å². The van der Waals surface area contributed by atoms with Gasteiger partial charge in [0.25, 0.3) is 0 Å². The monoisotopic (exact) mass is 436 g/mol. The van der Waals surface area contributed by atoms with E-state index < -0.39 is 0 Å². The summed E-state index contributed by atoms with van der Waals surface area (Å²) < 4.78 is 23.0. The molecule has 2 heterocycles. The van der Waals surface area contributed by atoms with Crippen LogP contribution >= 0.6 is 0 Å². The zero-order chi connectivity index (χ0) is 22.2. The molecule has 2 fully saturated rings. The number of hydrogen-bond acceptors (Lipinski definition) is 5. The molecule has 0 N–H and O–H groups in total. The average molecular weight is 437 g/mol. The smallest absolute Gasteiger partial charge is 0.199 e. The maximum absolute atomic E-state index is 12.9. The van der Waals surface area contributed by atoms with Crippen LogP contribution in [0.25, 0.3) is 0 Å². The molecule has 0 radical (unpaired) electrons. The molecule has 0 bridgehead atoms. The fourth-order valence-electron chi connectivity index (χ4n) is 4.08. The molecule has 0 aliphatic carbocycles. The second-order valence-electron chi connectivity index (χ2n) is 8.39. The van der Waals surface area contributed by atoms with E-state index in [1.165, 1.54) is 0 Å². The predicted molar refractivity (Wildman–Crippen MR) is 123 cm³/mol. The molecule has 4 rings (SSSR count). The summed E-state index contributed by atoms with van der Waals surface area (Å²) in [7, 11) is 0. The summed E-state index contributed by atoms with van der Waals surface area (Å²) in [5.74, 6) is 1.53. The number of Topliss-reactive ketones (excluding diaryl/α,β-unsaturated/α-hetero) is 1. The lowest BCUT2D eigenvalue weighted by atomic mass is 9.91. The number of carbonyl (C=O) groups excluding carboxylic acids is 1. The second kappa shape index (κ2) is 11.3. The van der Waals surface area contributed by atoms with Gasteiger partial charge in [0.15, 0.2) is 18.4 Å². The van der Waals surface area contributed by atoms with Gasteiger partial charge in [-0.3, -0.25) is 4.79 Å². The highest BCUT2D eigenvalue weighted by atomic mass is 16.7. The number of allylic oxidation sites excluding steroid dienone is 1. The summed E-state index contributed by atoms with van der Waals surface area (Å²) >= 11 is 0. The Morgan fingerprint density at radius 3 is 1.88 bits per heavy atom. The zero-order valence-electron chi connectivity index (χ0n) is 18.5. The fraction of sp³-hybridized carbons (Fsp3) is 0.444. The van der Waals surface area contributed by atoms with E-state index in [1.54, 1.807) is 0 Å². The van der Waals surface area contributed by atoms with Crippen molar-refractivity contribution in [3.8, 4) is 11.5 Å². The van der Waals surface area contributed by atoms with Crippen LogP contribution in [0.5, 0.6) is 11.5 Å². The summed E-state index contributed by atoms with van der Waals surface area (Å²) in [5.41, 5.74) is 1.71. The number of ketones is 1. The van der Waals surface area contributed by atoms with E-state index in [9.17, 15) is 4.79 Å². The SMILES string of the molecule is C=CC(CC(=O)c1ccc(OC2CCCCO2)cc1)c1ccc(OC2CCCCO2)cc1. The predicted octanol–water partition coefficient (Wildman–Crippen LogP) is 6.04. The molecule has 2 aliphatic heterocycles.